The summed E-state index contributed by atoms with van der Waals surface area (Å²) in [5, 5.41) is 13.1. The molecule has 1 atom stereocenters. The molecule has 128 valence electrons. The van der Waals surface area contributed by atoms with E-state index in [1.807, 2.05) is 0 Å². The van der Waals surface area contributed by atoms with E-state index in [0.29, 0.717) is 16.3 Å². The Bertz CT molecular complexity index is 805. The number of anilines is 1. The predicted octanol–water partition coefficient (Wildman–Crippen LogP) is 2.31. The summed E-state index contributed by atoms with van der Waals surface area (Å²) in [7, 11) is -3.77. The Balaban J connectivity index is 2.02. The van der Waals surface area contributed by atoms with Crippen molar-refractivity contribution in [2.24, 2.45) is 0 Å². The smallest absolute Gasteiger partial charge is 0.240 e. The Labute approximate surface area is 145 Å². The van der Waals surface area contributed by atoms with Gasteiger partial charge in [0, 0.05) is 24.2 Å². The number of carbonyl (C=O) groups is 1. The minimum absolute atomic E-state index is 0.0416. The number of carbonyl (C=O) groups excluding carboxylic acids is 1. The van der Waals surface area contributed by atoms with Gasteiger partial charge in [-0.25, -0.2) is 13.1 Å². The van der Waals surface area contributed by atoms with Crippen molar-refractivity contribution >= 4 is 33.2 Å². The molecule has 0 aliphatic heterocycles. The third-order valence-corrected chi connectivity index (χ3v) is 4.90. The number of hydrogen-bond donors (Lipinski definition) is 3. The van der Waals surface area contributed by atoms with E-state index in [1.165, 1.54) is 31.2 Å². The summed E-state index contributed by atoms with van der Waals surface area (Å²) in [6.45, 7) is 1.20. The summed E-state index contributed by atoms with van der Waals surface area (Å²) in [5.41, 5.74) is 1.06. The van der Waals surface area contributed by atoms with Crippen LogP contribution in [-0.2, 0) is 14.8 Å². The van der Waals surface area contributed by atoms with E-state index in [0.717, 1.165) is 0 Å². The lowest BCUT2D eigenvalue weighted by atomic mass is 10.1. The molecule has 0 radical (unpaired) electrons. The van der Waals surface area contributed by atoms with Crippen LogP contribution in [0.4, 0.5) is 5.69 Å². The number of rotatable bonds is 6. The normalized spacial score (nSPS) is 12.6. The molecule has 0 spiro atoms. The maximum atomic E-state index is 12.2. The number of nitrogens with one attached hydrogen (secondary N) is 2. The van der Waals surface area contributed by atoms with Crippen molar-refractivity contribution in [3.8, 4) is 0 Å². The van der Waals surface area contributed by atoms with Gasteiger partial charge in [0.15, 0.2) is 0 Å². The molecule has 6 nitrogen and oxygen atoms in total. The molecule has 8 heteroatoms. The molecule has 0 bridgehead atoms. The third-order valence-electron chi connectivity index (χ3n) is 3.21. The maximum Gasteiger partial charge on any atom is 0.240 e. The third kappa shape index (κ3) is 5.04. The van der Waals surface area contributed by atoms with Crippen LogP contribution in [0, 0.1) is 0 Å². The number of aliphatic hydroxyl groups is 1. The molecule has 0 aliphatic rings. The van der Waals surface area contributed by atoms with Crippen LogP contribution in [0.3, 0.4) is 0 Å². The fraction of sp³-hybridized carbons (Fsp3) is 0.188. The topological polar surface area (TPSA) is 95.5 Å². The van der Waals surface area contributed by atoms with Crippen molar-refractivity contribution in [3.05, 3.63) is 59.1 Å². The molecule has 3 N–H and O–H groups in total. The molecule has 0 saturated carbocycles. The molecule has 0 aliphatic carbocycles. The molecule has 1 amide bonds. The first-order chi connectivity index (χ1) is 11.3. The van der Waals surface area contributed by atoms with Gasteiger partial charge in [-0.1, -0.05) is 23.7 Å². The molecule has 0 aromatic heterocycles. The van der Waals surface area contributed by atoms with Crippen LogP contribution < -0.4 is 10.0 Å². The summed E-state index contributed by atoms with van der Waals surface area (Å²) in [4.78, 5) is 11.0. The molecule has 0 saturated heterocycles. The highest BCUT2D eigenvalue weighted by Gasteiger charge is 2.16. The van der Waals surface area contributed by atoms with E-state index in [-0.39, 0.29) is 17.3 Å². The summed E-state index contributed by atoms with van der Waals surface area (Å²) in [6.07, 6.45) is -0.990. The average Bonchev–Trinajstić information content (AvgIpc) is 2.53. The summed E-state index contributed by atoms with van der Waals surface area (Å²) in [5.74, 6) is -0.241. The second-order valence-electron chi connectivity index (χ2n) is 5.12. The van der Waals surface area contributed by atoms with Crippen molar-refractivity contribution in [1.82, 2.24) is 4.72 Å². The van der Waals surface area contributed by atoms with Gasteiger partial charge < -0.3 is 10.4 Å². The van der Waals surface area contributed by atoms with Crippen LogP contribution in [0.5, 0.6) is 0 Å². The monoisotopic (exact) mass is 368 g/mol. The van der Waals surface area contributed by atoms with E-state index in [1.54, 1.807) is 24.3 Å². The van der Waals surface area contributed by atoms with E-state index >= 15 is 0 Å². The molecular weight excluding hydrogens is 352 g/mol. The van der Waals surface area contributed by atoms with Gasteiger partial charge in [-0.05, 0) is 42.0 Å². The minimum Gasteiger partial charge on any atom is -0.387 e. The van der Waals surface area contributed by atoms with E-state index in [4.69, 9.17) is 11.6 Å². The second kappa shape index (κ2) is 7.76. The quantitative estimate of drug-likeness (QED) is 0.729. The van der Waals surface area contributed by atoms with Gasteiger partial charge in [0.25, 0.3) is 0 Å². The van der Waals surface area contributed by atoms with Crippen LogP contribution in [0.15, 0.2) is 53.4 Å². The number of aliphatic hydroxyl groups excluding tert-OH is 1. The van der Waals surface area contributed by atoms with Crippen LogP contribution in [-0.4, -0.2) is 26.0 Å². The minimum atomic E-state index is -3.77. The van der Waals surface area contributed by atoms with Gasteiger partial charge in [-0.2, -0.15) is 0 Å². The van der Waals surface area contributed by atoms with Crippen LogP contribution in [0.25, 0.3) is 0 Å². The van der Waals surface area contributed by atoms with Gasteiger partial charge in [0.05, 0.1) is 11.0 Å². The summed E-state index contributed by atoms with van der Waals surface area (Å²) in [6, 6.07) is 12.2. The van der Waals surface area contributed by atoms with Gasteiger partial charge in [-0.3, -0.25) is 4.79 Å². The van der Waals surface area contributed by atoms with E-state index in [9.17, 15) is 18.3 Å². The van der Waals surface area contributed by atoms with Gasteiger partial charge in [0.1, 0.15) is 0 Å². The van der Waals surface area contributed by atoms with Crippen LogP contribution in [0.1, 0.15) is 18.6 Å². The van der Waals surface area contributed by atoms with Crippen molar-refractivity contribution in [2.75, 3.05) is 11.9 Å². The largest absolute Gasteiger partial charge is 0.387 e. The number of sulfonamides is 1. The van der Waals surface area contributed by atoms with Crippen LogP contribution >= 0.6 is 11.6 Å². The van der Waals surface area contributed by atoms with Crippen LogP contribution in [0.2, 0.25) is 5.02 Å². The maximum absolute atomic E-state index is 12.2. The molecule has 0 heterocycles. The standard InChI is InChI=1S/C16H17ClN2O4S/c1-11(20)19-14-6-8-15(9-7-14)24(22,23)18-10-16(21)12-2-4-13(17)5-3-12/h2-9,16,18,21H,10H2,1H3,(H,19,20). The summed E-state index contributed by atoms with van der Waals surface area (Å²) < 4.78 is 26.8. The highest BCUT2D eigenvalue weighted by atomic mass is 35.5. The van der Waals surface area contributed by atoms with Crippen molar-refractivity contribution in [1.29, 1.82) is 0 Å². The Morgan fingerprint density at radius 1 is 1.12 bits per heavy atom. The molecular formula is C16H17ClN2O4S. The zero-order valence-corrected chi connectivity index (χ0v) is 14.4. The Kier molecular flexibility index (Phi) is 5.95. The number of halogens is 1. The highest BCUT2D eigenvalue weighted by molar-refractivity contribution is 7.89. The molecule has 2 rings (SSSR count). The first-order valence-corrected chi connectivity index (χ1v) is 8.95. The van der Waals surface area contributed by atoms with Crippen molar-refractivity contribution < 1.29 is 18.3 Å². The van der Waals surface area contributed by atoms with E-state index < -0.39 is 16.1 Å². The molecule has 1 unspecified atom stereocenters. The highest BCUT2D eigenvalue weighted by Crippen LogP contribution is 2.18. The van der Waals surface area contributed by atoms with E-state index in [2.05, 4.69) is 10.0 Å². The van der Waals surface area contributed by atoms with Gasteiger partial charge >= 0.3 is 0 Å². The Morgan fingerprint density at radius 3 is 2.25 bits per heavy atom. The average molecular weight is 369 g/mol. The molecule has 2 aromatic rings. The number of benzene rings is 2. The predicted molar refractivity (Wildman–Crippen MR) is 92.3 cm³/mol. The van der Waals surface area contributed by atoms with Crippen molar-refractivity contribution in [2.45, 2.75) is 17.9 Å². The number of hydrogen-bond acceptors (Lipinski definition) is 4. The zero-order valence-electron chi connectivity index (χ0n) is 12.9. The fourth-order valence-corrected chi connectivity index (χ4v) is 3.16. The second-order valence-corrected chi connectivity index (χ2v) is 7.33. The molecule has 0 fully saturated rings. The van der Waals surface area contributed by atoms with Crippen molar-refractivity contribution in [3.63, 3.8) is 0 Å². The Morgan fingerprint density at radius 2 is 1.71 bits per heavy atom. The lowest BCUT2D eigenvalue weighted by Crippen LogP contribution is -2.28. The lowest BCUT2D eigenvalue weighted by molar-refractivity contribution is -0.114. The zero-order chi connectivity index (χ0) is 17.7. The van der Waals surface area contributed by atoms with Gasteiger partial charge in [-0.15, -0.1) is 0 Å². The first kappa shape index (κ1) is 18.4. The fourth-order valence-electron chi connectivity index (χ4n) is 2.00. The SMILES string of the molecule is CC(=O)Nc1ccc(S(=O)(=O)NCC(O)c2ccc(Cl)cc2)cc1. The lowest BCUT2D eigenvalue weighted by Gasteiger charge is -2.13. The molecule has 24 heavy (non-hydrogen) atoms. The summed E-state index contributed by atoms with van der Waals surface area (Å²) >= 11 is 5.77. The number of amides is 1. The first-order valence-electron chi connectivity index (χ1n) is 7.09. The van der Waals surface area contributed by atoms with Gasteiger partial charge in [0.2, 0.25) is 15.9 Å². The molecule has 2 aromatic carbocycles. The Hall–Kier alpha value is -1.93.